The van der Waals surface area contributed by atoms with E-state index < -0.39 is 0 Å². The van der Waals surface area contributed by atoms with Crippen LogP contribution in [0.15, 0.2) is 47.9 Å². The lowest BCUT2D eigenvalue weighted by Gasteiger charge is -2.34. The second-order valence-electron chi connectivity index (χ2n) is 8.38. The van der Waals surface area contributed by atoms with Crippen LogP contribution in [0.3, 0.4) is 0 Å². The average Bonchev–Trinajstić information content (AvgIpc) is 3.41. The number of ether oxygens (including phenoxy) is 1. The molecule has 2 aromatic heterocycles. The van der Waals surface area contributed by atoms with Crippen molar-refractivity contribution in [1.82, 2.24) is 14.8 Å². The van der Waals surface area contributed by atoms with Gasteiger partial charge in [0.15, 0.2) is 5.65 Å². The molecule has 7 heteroatoms. The monoisotopic (exact) mass is 419 g/mol. The van der Waals surface area contributed by atoms with Gasteiger partial charge in [-0.1, -0.05) is 23.4 Å². The quantitative estimate of drug-likeness (QED) is 0.606. The molecule has 1 spiro atoms. The van der Waals surface area contributed by atoms with Crippen LogP contribution in [0, 0.1) is 0 Å². The number of aromatic nitrogens is 3. The maximum absolute atomic E-state index is 6.07. The highest BCUT2D eigenvalue weighted by Gasteiger charge is 2.43. The Morgan fingerprint density at radius 1 is 1.16 bits per heavy atom. The Kier molecular flexibility index (Phi) is 5.36. The zero-order valence-electron chi connectivity index (χ0n) is 18.2. The maximum atomic E-state index is 6.07. The summed E-state index contributed by atoms with van der Waals surface area (Å²) in [5, 5.41) is 13.7. The largest absolute Gasteiger partial charge is 0.389 e. The number of nitrogens with zero attached hydrogens (tertiary/aromatic N) is 4. The number of pyridine rings is 1. The van der Waals surface area contributed by atoms with Crippen molar-refractivity contribution in [3.63, 3.8) is 0 Å². The molecule has 0 atom stereocenters. The third kappa shape index (κ3) is 3.78. The molecule has 2 aliphatic rings. The molecule has 1 aliphatic carbocycles. The fourth-order valence-corrected chi connectivity index (χ4v) is 4.73. The molecule has 0 radical (unpaired) electrons. The highest BCUT2D eigenvalue weighted by Crippen LogP contribution is 2.42. The van der Waals surface area contributed by atoms with E-state index in [0.29, 0.717) is 6.10 Å². The number of fused-ring (bicyclic) bond motifs is 1. The molecule has 7 nitrogen and oxygen atoms in total. The fraction of sp³-hybridized carbons (Fsp3) is 0.458. The Bertz CT molecular complexity index is 1080. The van der Waals surface area contributed by atoms with E-state index >= 15 is 0 Å². The van der Waals surface area contributed by atoms with Gasteiger partial charge in [0.05, 0.1) is 29.1 Å². The lowest BCUT2D eigenvalue weighted by molar-refractivity contribution is -0.0803. The normalized spacial score (nSPS) is 23.2. The van der Waals surface area contributed by atoms with Gasteiger partial charge < -0.3 is 14.9 Å². The van der Waals surface area contributed by atoms with Gasteiger partial charge in [0.2, 0.25) is 0 Å². The van der Waals surface area contributed by atoms with E-state index in [1.807, 2.05) is 35.3 Å². The standard InChI is InChI=1S/C24H29N5O2/c1-3-29-23-20(16-26-29)22(27-17-8-6-5-7-9-17)19(15-25-23)21-14-24(31-28-21)12-10-18(11-13-24)30-4-2/h5-9,15-16,18H,3-4,10-14H2,1-2H3,(H,25,27). The highest BCUT2D eigenvalue weighted by molar-refractivity contribution is 6.11. The van der Waals surface area contributed by atoms with Gasteiger partial charge in [0, 0.05) is 37.0 Å². The van der Waals surface area contributed by atoms with Crippen molar-refractivity contribution in [1.29, 1.82) is 0 Å². The van der Waals surface area contributed by atoms with Crippen LogP contribution in [0.2, 0.25) is 0 Å². The number of para-hydroxylation sites is 1. The van der Waals surface area contributed by atoms with Gasteiger partial charge in [-0.05, 0) is 51.7 Å². The van der Waals surface area contributed by atoms with Gasteiger partial charge in [-0.25, -0.2) is 9.67 Å². The molecule has 0 unspecified atom stereocenters. The van der Waals surface area contributed by atoms with Crippen LogP contribution in [0.5, 0.6) is 0 Å². The van der Waals surface area contributed by atoms with Crippen molar-refractivity contribution in [2.45, 2.75) is 64.2 Å². The van der Waals surface area contributed by atoms with Crippen molar-refractivity contribution in [3.05, 3.63) is 48.3 Å². The second-order valence-corrected chi connectivity index (χ2v) is 8.38. The minimum Gasteiger partial charge on any atom is -0.389 e. The molecule has 5 rings (SSSR count). The highest BCUT2D eigenvalue weighted by atomic mass is 16.7. The Morgan fingerprint density at radius 3 is 2.71 bits per heavy atom. The molecule has 1 N–H and O–H groups in total. The van der Waals surface area contributed by atoms with E-state index in [-0.39, 0.29) is 5.60 Å². The molecule has 0 amide bonds. The predicted molar refractivity (Wildman–Crippen MR) is 122 cm³/mol. The third-order valence-corrected chi connectivity index (χ3v) is 6.41. The Labute approximate surface area is 182 Å². The lowest BCUT2D eigenvalue weighted by Crippen LogP contribution is -2.37. The Balaban J connectivity index is 1.46. The molecule has 162 valence electrons. The van der Waals surface area contributed by atoms with Gasteiger partial charge in [-0.15, -0.1) is 0 Å². The van der Waals surface area contributed by atoms with Crippen LogP contribution in [-0.4, -0.2) is 38.8 Å². The molecular formula is C24H29N5O2. The first-order valence-corrected chi connectivity index (χ1v) is 11.2. The molecule has 1 aromatic carbocycles. The summed E-state index contributed by atoms with van der Waals surface area (Å²) in [5.74, 6) is 0. The smallest absolute Gasteiger partial charge is 0.159 e. The molecule has 31 heavy (non-hydrogen) atoms. The summed E-state index contributed by atoms with van der Waals surface area (Å²) in [7, 11) is 0. The minimum atomic E-state index is -0.213. The summed E-state index contributed by atoms with van der Waals surface area (Å²) in [6.07, 6.45) is 8.92. The van der Waals surface area contributed by atoms with Gasteiger partial charge >= 0.3 is 0 Å². The fourth-order valence-electron chi connectivity index (χ4n) is 4.73. The van der Waals surface area contributed by atoms with E-state index in [2.05, 4.69) is 41.6 Å². The number of nitrogens with one attached hydrogen (secondary N) is 1. The van der Waals surface area contributed by atoms with Crippen molar-refractivity contribution in [2.75, 3.05) is 11.9 Å². The first kappa shape index (κ1) is 20.0. The lowest BCUT2D eigenvalue weighted by atomic mass is 9.79. The zero-order chi connectivity index (χ0) is 21.3. The second kappa shape index (κ2) is 8.30. The first-order chi connectivity index (χ1) is 15.2. The van der Waals surface area contributed by atoms with E-state index in [1.165, 1.54) is 0 Å². The molecule has 0 bridgehead atoms. The number of oxime groups is 1. The molecule has 1 saturated carbocycles. The predicted octanol–water partition coefficient (Wildman–Crippen LogP) is 5.04. The summed E-state index contributed by atoms with van der Waals surface area (Å²) in [6, 6.07) is 10.2. The van der Waals surface area contributed by atoms with Gasteiger partial charge in [-0.3, -0.25) is 0 Å². The van der Waals surface area contributed by atoms with Crippen molar-refractivity contribution >= 4 is 28.1 Å². The Morgan fingerprint density at radius 2 is 1.97 bits per heavy atom. The van der Waals surface area contributed by atoms with Crippen LogP contribution in [-0.2, 0) is 16.1 Å². The molecule has 1 fully saturated rings. The molecule has 1 aliphatic heterocycles. The molecule has 3 heterocycles. The van der Waals surface area contributed by atoms with Crippen LogP contribution in [0.25, 0.3) is 11.0 Å². The average molecular weight is 420 g/mol. The number of aryl methyl sites for hydroxylation is 1. The first-order valence-electron chi connectivity index (χ1n) is 11.2. The summed E-state index contributed by atoms with van der Waals surface area (Å²) in [6.45, 7) is 5.67. The number of anilines is 2. The topological polar surface area (TPSA) is 73.6 Å². The van der Waals surface area contributed by atoms with Crippen LogP contribution >= 0.6 is 0 Å². The van der Waals surface area contributed by atoms with Crippen molar-refractivity contribution < 1.29 is 9.57 Å². The summed E-state index contributed by atoms with van der Waals surface area (Å²) in [5.41, 5.74) is 4.60. The zero-order valence-corrected chi connectivity index (χ0v) is 18.2. The van der Waals surface area contributed by atoms with Crippen LogP contribution in [0.4, 0.5) is 11.4 Å². The van der Waals surface area contributed by atoms with E-state index in [4.69, 9.17) is 14.6 Å². The maximum Gasteiger partial charge on any atom is 0.159 e. The van der Waals surface area contributed by atoms with E-state index in [0.717, 1.165) is 78.9 Å². The molecular weight excluding hydrogens is 390 g/mol. The summed E-state index contributed by atoms with van der Waals surface area (Å²) in [4.78, 5) is 10.8. The molecule has 0 saturated heterocycles. The SMILES string of the molecule is CCOC1CCC2(CC1)CC(c1cnc3c(cnn3CC)c1Nc1ccccc1)=NO2. The van der Waals surface area contributed by atoms with Gasteiger partial charge in [-0.2, -0.15) is 5.10 Å². The van der Waals surface area contributed by atoms with E-state index in [1.54, 1.807) is 0 Å². The van der Waals surface area contributed by atoms with Gasteiger partial charge in [0.25, 0.3) is 0 Å². The number of hydrogen-bond donors (Lipinski definition) is 1. The van der Waals surface area contributed by atoms with E-state index in [9.17, 15) is 0 Å². The van der Waals surface area contributed by atoms with Crippen molar-refractivity contribution in [3.8, 4) is 0 Å². The van der Waals surface area contributed by atoms with Crippen LogP contribution in [0.1, 0.15) is 51.5 Å². The third-order valence-electron chi connectivity index (χ3n) is 6.41. The number of hydrogen-bond acceptors (Lipinski definition) is 6. The summed E-state index contributed by atoms with van der Waals surface area (Å²) >= 11 is 0. The van der Waals surface area contributed by atoms with Crippen molar-refractivity contribution in [2.24, 2.45) is 5.16 Å². The number of benzene rings is 1. The summed E-state index contributed by atoms with van der Waals surface area (Å²) < 4.78 is 7.74. The minimum absolute atomic E-state index is 0.213. The van der Waals surface area contributed by atoms with Gasteiger partial charge in [0.1, 0.15) is 5.60 Å². The Hall–Kier alpha value is -2.93. The van der Waals surface area contributed by atoms with Crippen LogP contribution < -0.4 is 5.32 Å². The number of rotatable bonds is 6. The molecule has 3 aromatic rings.